The van der Waals surface area contributed by atoms with E-state index in [1.54, 1.807) is 42.7 Å². The number of unbranched alkanes of at least 4 members (excludes halogenated alkanes) is 1. The number of alkyl carbamates (subject to hydrolysis) is 1. The van der Waals surface area contributed by atoms with Crippen molar-refractivity contribution in [3.8, 4) is 12.3 Å². The summed E-state index contributed by atoms with van der Waals surface area (Å²) < 4.78 is 34.7. The summed E-state index contributed by atoms with van der Waals surface area (Å²) in [5.41, 5.74) is 8.43. The number of nitrogens with zero attached hydrogens (tertiary/aromatic N) is 4. The second-order valence-corrected chi connectivity index (χ2v) is 10.7. The molecule has 0 saturated heterocycles. The molecule has 0 bridgehead atoms. The van der Waals surface area contributed by atoms with Crippen molar-refractivity contribution < 1.29 is 17.9 Å². The van der Waals surface area contributed by atoms with E-state index in [1.165, 1.54) is 12.1 Å². The van der Waals surface area contributed by atoms with Gasteiger partial charge in [-0.1, -0.05) is 35.9 Å². The van der Waals surface area contributed by atoms with E-state index in [1.807, 2.05) is 4.57 Å². The van der Waals surface area contributed by atoms with E-state index in [2.05, 4.69) is 30.9 Å². The van der Waals surface area contributed by atoms with Gasteiger partial charge in [0.1, 0.15) is 5.52 Å². The number of sulfonamides is 1. The third-order valence-corrected chi connectivity index (χ3v) is 7.37. The molecular formula is C26H26ClN7O4S. The Morgan fingerprint density at radius 1 is 1.05 bits per heavy atom. The van der Waals surface area contributed by atoms with E-state index < -0.39 is 16.1 Å². The summed E-state index contributed by atoms with van der Waals surface area (Å²) >= 11 is 5.85. The number of terminal acetylenes is 1. The normalized spacial score (nSPS) is 11.3. The Morgan fingerprint density at radius 3 is 2.46 bits per heavy atom. The zero-order valence-corrected chi connectivity index (χ0v) is 22.4. The molecule has 11 nitrogen and oxygen atoms in total. The van der Waals surface area contributed by atoms with Crippen molar-refractivity contribution in [2.75, 3.05) is 12.3 Å². The highest BCUT2D eigenvalue weighted by Gasteiger charge is 2.14. The van der Waals surface area contributed by atoms with Crippen LogP contribution in [0.15, 0.2) is 59.8 Å². The summed E-state index contributed by atoms with van der Waals surface area (Å²) in [5.74, 6) is 2.80. The van der Waals surface area contributed by atoms with Gasteiger partial charge >= 0.3 is 6.09 Å². The van der Waals surface area contributed by atoms with Crippen LogP contribution >= 0.6 is 11.6 Å². The number of ether oxygens (including phenoxy) is 1. The van der Waals surface area contributed by atoms with E-state index in [0.29, 0.717) is 35.6 Å². The first-order chi connectivity index (χ1) is 18.7. The first-order valence-electron chi connectivity index (χ1n) is 11.9. The number of anilines is 1. The number of nitrogens with one attached hydrogen (secondary N) is 2. The van der Waals surface area contributed by atoms with E-state index in [-0.39, 0.29) is 36.2 Å². The number of rotatable bonds is 11. The molecule has 0 aliphatic carbocycles. The van der Waals surface area contributed by atoms with E-state index in [9.17, 15) is 13.2 Å². The number of halogens is 1. The number of amides is 1. The van der Waals surface area contributed by atoms with Crippen LogP contribution < -0.4 is 15.8 Å². The third kappa shape index (κ3) is 7.44. The molecule has 0 spiro atoms. The van der Waals surface area contributed by atoms with Crippen molar-refractivity contribution >= 4 is 44.7 Å². The second-order valence-electron chi connectivity index (χ2n) is 8.48. The van der Waals surface area contributed by atoms with Crippen molar-refractivity contribution in [3.63, 3.8) is 0 Å². The number of hydrogen-bond acceptors (Lipinski definition) is 8. The molecule has 0 saturated carbocycles. The van der Waals surface area contributed by atoms with Gasteiger partial charge in [0.25, 0.3) is 0 Å². The Hall–Kier alpha value is -4.18. The van der Waals surface area contributed by atoms with Crippen LogP contribution in [0.25, 0.3) is 11.2 Å². The van der Waals surface area contributed by atoms with Crippen LogP contribution in [0.4, 0.5) is 10.6 Å². The van der Waals surface area contributed by atoms with Gasteiger partial charge in [-0.2, -0.15) is 0 Å². The zero-order valence-electron chi connectivity index (χ0n) is 20.8. The second kappa shape index (κ2) is 12.6. The highest BCUT2D eigenvalue weighted by atomic mass is 35.5. The minimum atomic E-state index is -3.69. The van der Waals surface area contributed by atoms with Gasteiger partial charge < -0.3 is 20.4 Å². The van der Waals surface area contributed by atoms with Gasteiger partial charge in [-0.05, 0) is 54.2 Å². The number of nitrogen functional groups attached to an aromatic ring is 1. The van der Waals surface area contributed by atoms with Crippen molar-refractivity contribution in [2.45, 2.75) is 37.4 Å². The van der Waals surface area contributed by atoms with Gasteiger partial charge in [-0.3, -0.25) is 0 Å². The lowest BCUT2D eigenvalue weighted by Gasteiger charge is -2.09. The zero-order chi connectivity index (χ0) is 27.8. The number of carbonyl (C=O) groups excluding carboxylic acids is 1. The predicted molar refractivity (Wildman–Crippen MR) is 147 cm³/mol. The Kier molecular flexibility index (Phi) is 8.98. The summed E-state index contributed by atoms with van der Waals surface area (Å²) in [6.45, 7) is 1.15. The monoisotopic (exact) mass is 567 g/mol. The Bertz CT molecular complexity index is 1600. The van der Waals surface area contributed by atoms with Gasteiger partial charge in [0.2, 0.25) is 15.8 Å². The maximum Gasteiger partial charge on any atom is 0.407 e. The van der Waals surface area contributed by atoms with Gasteiger partial charge in [0.15, 0.2) is 11.5 Å². The molecule has 0 radical (unpaired) electrons. The lowest BCUT2D eigenvalue weighted by Crippen LogP contribution is -2.25. The highest BCUT2D eigenvalue weighted by Crippen LogP contribution is 2.17. The molecule has 0 aliphatic rings. The van der Waals surface area contributed by atoms with Crippen LogP contribution in [0.5, 0.6) is 0 Å². The molecule has 13 heteroatoms. The van der Waals surface area contributed by atoms with Crippen LogP contribution in [-0.4, -0.2) is 40.6 Å². The lowest BCUT2D eigenvalue weighted by atomic mass is 10.2. The largest absolute Gasteiger partial charge is 0.450 e. The molecule has 4 N–H and O–H groups in total. The first-order valence-corrected chi connectivity index (χ1v) is 13.8. The Labute approximate surface area is 230 Å². The van der Waals surface area contributed by atoms with E-state index >= 15 is 0 Å². The standard InChI is InChI=1S/C26H26ClN7O4S/c1-2-22-32-24(28)23-25(33-22)34(17-30-23)13-3-4-14-38-26(35)29-15-18-7-11-21(12-8-18)39(36,37)31-16-19-5-9-20(27)10-6-19/h1,5-12,17,31H,3-4,13-16H2,(H,29,35)(H2,28,32,33). The van der Waals surface area contributed by atoms with Crippen molar-refractivity contribution in [1.82, 2.24) is 29.6 Å². The van der Waals surface area contributed by atoms with Crippen molar-refractivity contribution in [3.05, 3.63) is 76.8 Å². The molecule has 0 fully saturated rings. The predicted octanol–water partition coefficient (Wildman–Crippen LogP) is 3.23. The molecule has 2 aromatic heterocycles. The topological polar surface area (TPSA) is 154 Å². The number of nitrogens with two attached hydrogens (primary N) is 1. The average Bonchev–Trinajstić information content (AvgIpc) is 3.35. The molecule has 0 atom stereocenters. The molecular weight excluding hydrogens is 542 g/mol. The van der Waals surface area contributed by atoms with Gasteiger partial charge in [0, 0.05) is 24.7 Å². The summed E-state index contributed by atoms with van der Waals surface area (Å²) in [4.78, 5) is 24.7. The van der Waals surface area contributed by atoms with Crippen LogP contribution in [0, 0.1) is 12.3 Å². The summed E-state index contributed by atoms with van der Waals surface area (Å²) in [6, 6.07) is 13.1. The smallest absolute Gasteiger partial charge is 0.407 e. The Morgan fingerprint density at radius 2 is 1.74 bits per heavy atom. The fourth-order valence-electron chi connectivity index (χ4n) is 3.62. The van der Waals surface area contributed by atoms with E-state index in [0.717, 1.165) is 11.1 Å². The molecule has 202 valence electrons. The van der Waals surface area contributed by atoms with Crippen LogP contribution in [-0.2, 0) is 34.4 Å². The van der Waals surface area contributed by atoms with Crippen LogP contribution in [0.1, 0.15) is 29.8 Å². The molecule has 1 amide bonds. The molecule has 2 heterocycles. The number of aromatic nitrogens is 4. The van der Waals surface area contributed by atoms with Crippen LogP contribution in [0.2, 0.25) is 5.02 Å². The fraction of sp³-hybridized carbons (Fsp3) is 0.231. The minimum Gasteiger partial charge on any atom is -0.450 e. The molecule has 39 heavy (non-hydrogen) atoms. The van der Waals surface area contributed by atoms with Crippen molar-refractivity contribution in [2.24, 2.45) is 0 Å². The number of hydrogen-bond donors (Lipinski definition) is 3. The fourth-order valence-corrected chi connectivity index (χ4v) is 4.76. The third-order valence-electron chi connectivity index (χ3n) is 5.70. The molecule has 0 aliphatic heterocycles. The molecule has 0 unspecified atom stereocenters. The number of fused-ring (bicyclic) bond motifs is 1. The minimum absolute atomic E-state index is 0.123. The van der Waals surface area contributed by atoms with Crippen molar-refractivity contribution in [1.29, 1.82) is 0 Å². The average molecular weight is 568 g/mol. The van der Waals surface area contributed by atoms with Gasteiger partial charge in [0.05, 0.1) is 17.8 Å². The number of benzene rings is 2. The Balaban J connectivity index is 1.17. The number of carbonyl (C=O) groups is 1. The van der Waals surface area contributed by atoms with E-state index in [4.69, 9.17) is 28.5 Å². The summed E-state index contributed by atoms with van der Waals surface area (Å²) in [7, 11) is -3.69. The maximum atomic E-state index is 12.6. The molecule has 2 aromatic carbocycles. The molecule has 4 aromatic rings. The summed E-state index contributed by atoms with van der Waals surface area (Å²) in [6.07, 6.45) is 7.75. The summed E-state index contributed by atoms with van der Waals surface area (Å²) in [5, 5.41) is 3.23. The highest BCUT2D eigenvalue weighted by molar-refractivity contribution is 7.89. The maximum absolute atomic E-state index is 12.6. The van der Waals surface area contributed by atoms with Gasteiger partial charge in [-0.25, -0.2) is 32.9 Å². The quantitative estimate of drug-likeness (QED) is 0.184. The molecule has 4 rings (SSSR count). The first kappa shape index (κ1) is 27.8. The number of aryl methyl sites for hydroxylation is 1. The lowest BCUT2D eigenvalue weighted by molar-refractivity contribution is 0.143. The SMILES string of the molecule is C#Cc1nc(N)c2ncn(CCCCOC(=O)NCc3ccc(S(=O)(=O)NCc4ccc(Cl)cc4)cc3)c2n1. The van der Waals surface area contributed by atoms with Crippen LogP contribution in [0.3, 0.4) is 0 Å². The number of imidazole rings is 1. The van der Waals surface area contributed by atoms with Gasteiger partial charge in [-0.15, -0.1) is 6.42 Å².